The van der Waals surface area contributed by atoms with Crippen LogP contribution in [0.5, 0.6) is 11.5 Å². The molecule has 0 bridgehead atoms. The van der Waals surface area contributed by atoms with Gasteiger partial charge in [-0.15, -0.1) is 0 Å². The molecule has 0 saturated carbocycles. The average Bonchev–Trinajstić information content (AvgIpc) is 2.91. The van der Waals surface area contributed by atoms with Gasteiger partial charge in [0.2, 0.25) is 0 Å². The van der Waals surface area contributed by atoms with E-state index in [4.69, 9.17) is 19.9 Å². The number of rotatable bonds is 12. The van der Waals surface area contributed by atoms with E-state index in [2.05, 4.69) is 4.98 Å². The number of methoxy groups -OCH3 is 1. The van der Waals surface area contributed by atoms with Crippen molar-refractivity contribution in [1.29, 1.82) is 0 Å². The predicted octanol–water partition coefficient (Wildman–Crippen LogP) is 1.93. The Morgan fingerprint density at radius 1 is 1.03 bits per heavy atom. The first-order valence-electron chi connectivity index (χ1n) is 11.7. The van der Waals surface area contributed by atoms with Crippen LogP contribution in [0.15, 0.2) is 64.2 Å². The van der Waals surface area contributed by atoms with Crippen molar-refractivity contribution in [3.8, 4) is 11.5 Å². The number of nitrogens with two attached hydrogens (primary N) is 1. The van der Waals surface area contributed by atoms with E-state index in [-0.39, 0.29) is 37.6 Å². The van der Waals surface area contributed by atoms with Gasteiger partial charge in [-0.05, 0) is 43.2 Å². The highest BCUT2D eigenvalue weighted by molar-refractivity contribution is 5.97. The third-order valence-corrected chi connectivity index (χ3v) is 5.49. The second-order valence-corrected chi connectivity index (χ2v) is 7.99. The van der Waals surface area contributed by atoms with Crippen molar-refractivity contribution < 1.29 is 23.8 Å². The van der Waals surface area contributed by atoms with E-state index in [9.17, 15) is 19.2 Å². The molecular weight excluding hydrogens is 480 g/mol. The summed E-state index contributed by atoms with van der Waals surface area (Å²) < 4.78 is 16.9. The molecule has 0 saturated heterocycles. The van der Waals surface area contributed by atoms with E-state index in [0.29, 0.717) is 17.9 Å². The number of nitrogens with zero attached hydrogens (tertiary/aromatic N) is 2. The van der Waals surface area contributed by atoms with Crippen LogP contribution in [-0.2, 0) is 20.9 Å². The standard InChI is InChI=1S/C26H30N4O7/c1-3-29(23-24(27)30(26(34)28-25(23)33)16-18-8-5-4-6-9-18)21(31)17-37-22(32)10-7-15-36-20-13-11-19(35-2)12-14-20/h4-6,8-9,11-14H,3,7,10,15-17,27H2,1-2H3,(H,28,33,34). The molecule has 3 aromatic rings. The zero-order chi connectivity index (χ0) is 26.8. The van der Waals surface area contributed by atoms with Gasteiger partial charge in [-0.2, -0.15) is 0 Å². The van der Waals surface area contributed by atoms with Crippen molar-refractivity contribution >= 4 is 23.4 Å². The number of hydrogen-bond donors (Lipinski definition) is 2. The van der Waals surface area contributed by atoms with E-state index in [1.807, 2.05) is 18.2 Å². The summed E-state index contributed by atoms with van der Waals surface area (Å²) in [6, 6.07) is 16.1. The number of hydrogen-bond acceptors (Lipinski definition) is 8. The number of aromatic amines is 1. The lowest BCUT2D eigenvalue weighted by atomic mass is 10.2. The molecule has 196 valence electrons. The van der Waals surface area contributed by atoms with Gasteiger partial charge in [-0.25, -0.2) is 4.79 Å². The van der Waals surface area contributed by atoms with Gasteiger partial charge in [0.15, 0.2) is 12.3 Å². The van der Waals surface area contributed by atoms with Gasteiger partial charge in [0.25, 0.3) is 11.5 Å². The number of nitrogens with one attached hydrogen (secondary N) is 1. The maximum atomic E-state index is 12.8. The number of H-pyrrole nitrogens is 1. The fourth-order valence-electron chi connectivity index (χ4n) is 3.59. The zero-order valence-electron chi connectivity index (χ0n) is 20.8. The summed E-state index contributed by atoms with van der Waals surface area (Å²) >= 11 is 0. The maximum absolute atomic E-state index is 12.8. The summed E-state index contributed by atoms with van der Waals surface area (Å²) in [5, 5.41) is 0. The van der Waals surface area contributed by atoms with Crippen LogP contribution in [0.4, 0.5) is 11.5 Å². The monoisotopic (exact) mass is 510 g/mol. The Hall–Kier alpha value is -4.54. The molecule has 3 N–H and O–H groups in total. The van der Waals surface area contributed by atoms with Crippen LogP contribution in [0.1, 0.15) is 25.3 Å². The van der Waals surface area contributed by atoms with Gasteiger partial charge >= 0.3 is 11.7 Å². The molecule has 1 heterocycles. The predicted molar refractivity (Wildman–Crippen MR) is 138 cm³/mol. The summed E-state index contributed by atoms with van der Waals surface area (Å²) in [7, 11) is 1.57. The molecule has 0 aliphatic heterocycles. The van der Waals surface area contributed by atoms with Crippen molar-refractivity contribution in [1.82, 2.24) is 9.55 Å². The van der Waals surface area contributed by atoms with Gasteiger partial charge in [-0.1, -0.05) is 30.3 Å². The van der Waals surface area contributed by atoms with E-state index < -0.39 is 29.7 Å². The van der Waals surface area contributed by atoms with Gasteiger partial charge in [-0.3, -0.25) is 23.9 Å². The molecule has 0 atom stereocenters. The number of nitrogen functional groups attached to an aromatic ring is 1. The van der Waals surface area contributed by atoms with Crippen LogP contribution < -0.4 is 31.4 Å². The highest BCUT2D eigenvalue weighted by Gasteiger charge is 2.24. The quantitative estimate of drug-likeness (QED) is 0.278. The fourth-order valence-corrected chi connectivity index (χ4v) is 3.59. The van der Waals surface area contributed by atoms with E-state index in [1.165, 1.54) is 4.57 Å². The number of aromatic nitrogens is 2. The Labute approximate surface area is 213 Å². The van der Waals surface area contributed by atoms with E-state index in [1.54, 1.807) is 50.4 Å². The third-order valence-electron chi connectivity index (χ3n) is 5.49. The number of likely N-dealkylation sites (N-methyl/N-ethyl adjacent to an activating group) is 1. The maximum Gasteiger partial charge on any atom is 0.330 e. The van der Waals surface area contributed by atoms with E-state index in [0.717, 1.165) is 10.5 Å². The van der Waals surface area contributed by atoms with Gasteiger partial charge in [0, 0.05) is 13.0 Å². The zero-order valence-corrected chi connectivity index (χ0v) is 20.8. The molecule has 37 heavy (non-hydrogen) atoms. The molecule has 0 radical (unpaired) electrons. The number of ether oxygens (including phenoxy) is 3. The molecular formula is C26H30N4O7. The Morgan fingerprint density at radius 3 is 2.35 bits per heavy atom. The molecule has 2 aromatic carbocycles. The largest absolute Gasteiger partial charge is 0.497 e. The fraction of sp³-hybridized carbons (Fsp3) is 0.308. The van der Waals surface area contributed by atoms with Crippen molar-refractivity contribution in [3.05, 3.63) is 81.0 Å². The molecule has 11 heteroatoms. The number of amides is 1. The first-order chi connectivity index (χ1) is 17.8. The summed E-state index contributed by atoms with van der Waals surface area (Å²) in [5.41, 5.74) is 5.29. The molecule has 0 unspecified atom stereocenters. The number of carbonyl (C=O) groups excluding carboxylic acids is 2. The lowest BCUT2D eigenvalue weighted by Gasteiger charge is -2.23. The number of esters is 1. The highest BCUT2D eigenvalue weighted by atomic mass is 16.5. The molecule has 0 spiro atoms. The second-order valence-electron chi connectivity index (χ2n) is 7.99. The Balaban J connectivity index is 1.57. The first kappa shape index (κ1) is 27.1. The molecule has 0 fully saturated rings. The molecule has 0 aliphatic rings. The smallest absolute Gasteiger partial charge is 0.330 e. The third kappa shape index (κ3) is 7.23. The Morgan fingerprint density at radius 2 is 1.70 bits per heavy atom. The van der Waals surface area contributed by atoms with Crippen LogP contribution in [-0.4, -0.2) is 48.3 Å². The SMILES string of the molecule is CCN(C(=O)COC(=O)CCCOc1ccc(OC)cc1)c1c(N)n(Cc2ccccc2)c(=O)[nH]c1=O. The van der Waals surface area contributed by atoms with Crippen LogP contribution in [0, 0.1) is 0 Å². The van der Waals surface area contributed by atoms with Gasteiger partial charge in [0.1, 0.15) is 17.3 Å². The summed E-state index contributed by atoms with van der Waals surface area (Å²) in [5.74, 6) is -0.0410. The highest BCUT2D eigenvalue weighted by Crippen LogP contribution is 2.19. The number of anilines is 2. The van der Waals surface area contributed by atoms with Crippen LogP contribution in [0.3, 0.4) is 0 Å². The normalized spacial score (nSPS) is 10.5. The van der Waals surface area contributed by atoms with Crippen molar-refractivity contribution in [3.63, 3.8) is 0 Å². The Kier molecular flexibility index (Phi) is 9.48. The summed E-state index contributed by atoms with van der Waals surface area (Å²) in [6.07, 6.45) is 0.424. The molecule has 11 nitrogen and oxygen atoms in total. The van der Waals surface area contributed by atoms with Crippen molar-refractivity contribution in [2.75, 3.05) is 37.5 Å². The second kappa shape index (κ2) is 13.0. The van der Waals surface area contributed by atoms with Crippen molar-refractivity contribution in [2.45, 2.75) is 26.3 Å². The minimum atomic E-state index is -0.802. The van der Waals surface area contributed by atoms with E-state index >= 15 is 0 Å². The minimum Gasteiger partial charge on any atom is -0.497 e. The average molecular weight is 511 g/mol. The van der Waals surface area contributed by atoms with Gasteiger partial charge in [0.05, 0.1) is 20.3 Å². The molecule has 3 rings (SSSR count). The molecule has 1 aromatic heterocycles. The lowest BCUT2D eigenvalue weighted by Crippen LogP contribution is -2.42. The lowest BCUT2D eigenvalue weighted by molar-refractivity contribution is -0.148. The first-order valence-corrected chi connectivity index (χ1v) is 11.7. The number of benzene rings is 2. The van der Waals surface area contributed by atoms with Crippen LogP contribution >= 0.6 is 0 Å². The molecule has 1 amide bonds. The Bertz CT molecular complexity index is 1320. The summed E-state index contributed by atoms with van der Waals surface area (Å²) in [6.45, 7) is 1.52. The van der Waals surface area contributed by atoms with Crippen molar-refractivity contribution in [2.24, 2.45) is 0 Å². The van der Waals surface area contributed by atoms with Gasteiger partial charge < -0.3 is 24.8 Å². The minimum absolute atomic E-state index is 0.0419. The van der Waals surface area contributed by atoms with Crippen LogP contribution in [0.2, 0.25) is 0 Å². The summed E-state index contributed by atoms with van der Waals surface area (Å²) in [4.78, 5) is 53.2. The number of carbonyl (C=O) groups is 2. The van der Waals surface area contributed by atoms with Crippen LogP contribution in [0.25, 0.3) is 0 Å². The topological polar surface area (TPSA) is 146 Å². The molecule has 0 aliphatic carbocycles.